The van der Waals surface area contributed by atoms with Gasteiger partial charge >= 0.3 is 0 Å². The van der Waals surface area contributed by atoms with Gasteiger partial charge in [0.1, 0.15) is 0 Å². The molecule has 0 aromatic rings. The molecule has 3 aliphatic heterocycles. The van der Waals surface area contributed by atoms with Gasteiger partial charge in [0.15, 0.2) is 0 Å². The van der Waals surface area contributed by atoms with Crippen molar-refractivity contribution in [3.63, 3.8) is 0 Å². The molecule has 3 aliphatic rings. The Balaban J connectivity index is 1.44. The van der Waals surface area contributed by atoms with Crippen LogP contribution in [0, 0.1) is 0 Å². The summed E-state index contributed by atoms with van der Waals surface area (Å²) in [5.41, 5.74) is 0. The lowest BCUT2D eigenvalue weighted by Gasteiger charge is -2.38. The van der Waals surface area contributed by atoms with E-state index in [0.717, 1.165) is 19.6 Å². The van der Waals surface area contributed by atoms with Crippen molar-refractivity contribution in [3.05, 3.63) is 0 Å². The van der Waals surface area contributed by atoms with Crippen LogP contribution in [0.5, 0.6) is 0 Å². The van der Waals surface area contributed by atoms with Gasteiger partial charge in [0.2, 0.25) is 10.0 Å². The lowest BCUT2D eigenvalue weighted by Crippen LogP contribution is -2.52. The van der Waals surface area contributed by atoms with Crippen molar-refractivity contribution in [2.75, 3.05) is 45.5 Å². The van der Waals surface area contributed by atoms with Gasteiger partial charge in [-0.25, -0.2) is 8.42 Å². The summed E-state index contributed by atoms with van der Waals surface area (Å²) in [5, 5.41) is 10.4. The molecule has 3 atom stereocenters. The van der Waals surface area contributed by atoms with Gasteiger partial charge in [0, 0.05) is 51.4 Å². The molecule has 0 aromatic carbocycles. The van der Waals surface area contributed by atoms with Gasteiger partial charge in [-0.1, -0.05) is 6.42 Å². The molecule has 7 heteroatoms. The van der Waals surface area contributed by atoms with Gasteiger partial charge < -0.3 is 5.11 Å². The third-order valence-corrected chi connectivity index (χ3v) is 6.84. The molecule has 0 aromatic heterocycles. The van der Waals surface area contributed by atoms with Crippen molar-refractivity contribution >= 4 is 10.0 Å². The Hall–Kier alpha value is -0.210. The summed E-state index contributed by atoms with van der Waals surface area (Å²) in [5.74, 6) is 0. The maximum atomic E-state index is 11.5. The van der Waals surface area contributed by atoms with E-state index in [-0.39, 0.29) is 6.10 Å². The van der Waals surface area contributed by atoms with Crippen molar-refractivity contribution in [1.29, 1.82) is 0 Å². The smallest absolute Gasteiger partial charge is 0.211 e. The number of nitrogens with zero attached hydrogens (tertiary/aromatic N) is 3. The first kappa shape index (κ1) is 16.6. The minimum Gasteiger partial charge on any atom is -0.390 e. The number of rotatable bonds is 5. The Bertz CT molecular complexity index is 460. The molecule has 0 saturated carbocycles. The summed E-state index contributed by atoms with van der Waals surface area (Å²) in [6, 6.07) is 1.38. The molecule has 1 N–H and O–H groups in total. The highest BCUT2D eigenvalue weighted by atomic mass is 32.2. The zero-order valence-corrected chi connectivity index (χ0v) is 14.3. The Kier molecular flexibility index (Phi) is 5.09. The standard InChI is InChI=1S/C15H29N3O3S/c1-22(20,21)17-9-7-16(8-10-17)11-15(19)12-18-13-3-2-4-14(18)6-5-13/h13-15,19H,2-12H2,1H3/t13-,14+,15?. The fraction of sp³-hybridized carbons (Fsp3) is 1.00. The lowest BCUT2D eigenvalue weighted by atomic mass is 10.0. The van der Waals surface area contributed by atoms with E-state index in [1.165, 1.54) is 42.7 Å². The van der Waals surface area contributed by atoms with E-state index < -0.39 is 10.0 Å². The van der Waals surface area contributed by atoms with Crippen molar-refractivity contribution in [1.82, 2.24) is 14.1 Å². The summed E-state index contributed by atoms with van der Waals surface area (Å²) in [6.07, 6.45) is 7.45. The Morgan fingerprint density at radius 2 is 1.59 bits per heavy atom. The SMILES string of the molecule is CS(=O)(=O)N1CCN(CC(O)CN2[C@@H]3CCC[C@H]2CC3)CC1. The highest BCUT2D eigenvalue weighted by molar-refractivity contribution is 7.88. The second-order valence-electron chi connectivity index (χ2n) is 7.13. The van der Waals surface area contributed by atoms with Gasteiger partial charge in [-0.15, -0.1) is 0 Å². The van der Waals surface area contributed by atoms with E-state index in [1.807, 2.05) is 0 Å². The highest BCUT2D eigenvalue weighted by Gasteiger charge is 2.37. The quantitative estimate of drug-likeness (QED) is 0.765. The maximum absolute atomic E-state index is 11.5. The van der Waals surface area contributed by atoms with Crippen LogP contribution in [0.1, 0.15) is 32.1 Å². The molecule has 0 aliphatic carbocycles. The Morgan fingerprint density at radius 3 is 2.14 bits per heavy atom. The number of sulfonamides is 1. The number of piperidine rings is 1. The zero-order chi connectivity index (χ0) is 15.7. The minimum atomic E-state index is -3.07. The molecular formula is C15H29N3O3S. The van der Waals surface area contributed by atoms with Gasteiger partial charge in [0.25, 0.3) is 0 Å². The van der Waals surface area contributed by atoms with E-state index in [0.29, 0.717) is 31.7 Å². The first-order valence-electron chi connectivity index (χ1n) is 8.55. The van der Waals surface area contributed by atoms with Crippen LogP contribution in [0.25, 0.3) is 0 Å². The topological polar surface area (TPSA) is 64.1 Å². The maximum Gasteiger partial charge on any atom is 0.211 e. The van der Waals surface area contributed by atoms with Crippen LogP contribution in [0.2, 0.25) is 0 Å². The summed E-state index contributed by atoms with van der Waals surface area (Å²) in [7, 11) is -3.07. The molecule has 0 radical (unpaired) electrons. The predicted molar refractivity (Wildman–Crippen MR) is 86.2 cm³/mol. The van der Waals surface area contributed by atoms with Crippen molar-refractivity contribution in [2.45, 2.75) is 50.3 Å². The molecule has 22 heavy (non-hydrogen) atoms. The molecule has 3 fully saturated rings. The molecule has 3 heterocycles. The summed E-state index contributed by atoms with van der Waals surface area (Å²) in [4.78, 5) is 4.72. The number of fused-ring (bicyclic) bond motifs is 2. The fourth-order valence-electron chi connectivity index (χ4n) is 4.36. The van der Waals surface area contributed by atoms with Crippen molar-refractivity contribution < 1.29 is 13.5 Å². The van der Waals surface area contributed by atoms with E-state index in [1.54, 1.807) is 0 Å². The van der Waals surface area contributed by atoms with Crippen LogP contribution in [-0.4, -0.2) is 91.3 Å². The second kappa shape index (κ2) is 6.73. The highest BCUT2D eigenvalue weighted by Crippen LogP contribution is 2.35. The van der Waals surface area contributed by atoms with Crippen LogP contribution in [0.15, 0.2) is 0 Å². The first-order valence-corrected chi connectivity index (χ1v) is 10.4. The summed E-state index contributed by atoms with van der Waals surface area (Å²) < 4.78 is 24.5. The molecular weight excluding hydrogens is 302 g/mol. The molecule has 3 rings (SSSR count). The average Bonchev–Trinajstić information content (AvgIpc) is 2.69. The van der Waals surface area contributed by atoms with Crippen LogP contribution in [0.3, 0.4) is 0 Å². The molecule has 0 spiro atoms. The van der Waals surface area contributed by atoms with Crippen molar-refractivity contribution in [3.8, 4) is 0 Å². The summed E-state index contributed by atoms with van der Waals surface area (Å²) in [6.45, 7) is 3.96. The molecule has 0 amide bonds. The molecule has 6 nitrogen and oxygen atoms in total. The van der Waals surface area contributed by atoms with Crippen LogP contribution in [0.4, 0.5) is 0 Å². The van der Waals surface area contributed by atoms with Crippen molar-refractivity contribution in [2.24, 2.45) is 0 Å². The second-order valence-corrected chi connectivity index (χ2v) is 9.11. The van der Waals surface area contributed by atoms with Gasteiger partial charge in [-0.2, -0.15) is 4.31 Å². The Labute approximate surface area is 134 Å². The van der Waals surface area contributed by atoms with Gasteiger partial charge in [0.05, 0.1) is 12.4 Å². The largest absolute Gasteiger partial charge is 0.390 e. The van der Waals surface area contributed by atoms with Gasteiger partial charge in [-0.3, -0.25) is 9.80 Å². The van der Waals surface area contributed by atoms with E-state index in [9.17, 15) is 13.5 Å². The summed E-state index contributed by atoms with van der Waals surface area (Å²) >= 11 is 0. The Morgan fingerprint density at radius 1 is 1.00 bits per heavy atom. The normalized spacial score (nSPS) is 33.2. The first-order chi connectivity index (χ1) is 10.4. The molecule has 1 unspecified atom stereocenters. The third-order valence-electron chi connectivity index (χ3n) is 5.54. The van der Waals surface area contributed by atoms with E-state index >= 15 is 0 Å². The van der Waals surface area contributed by atoms with Crippen LogP contribution < -0.4 is 0 Å². The molecule has 3 saturated heterocycles. The number of piperazine rings is 1. The van der Waals surface area contributed by atoms with Gasteiger partial charge in [-0.05, 0) is 25.7 Å². The lowest BCUT2D eigenvalue weighted by molar-refractivity contribution is 0.0339. The van der Waals surface area contributed by atoms with Crippen LogP contribution >= 0.6 is 0 Å². The number of hydrogen-bond donors (Lipinski definition) is 1. The number of β-amino-alcohol motifs (C(OH)–C–C–N with tert-alkyl or cyclic N) is 1. The van der Waals surface area contributed by atoms with E-state index in [2.05, 4.69) is 9.80 Å². The third kappa shape index (κ3) is 3.82. The van der Waals surface area contributed by atoms with Crippen LogP contribution in [-0.2, 0) is 10.0 Å². The monoisotopic (exact) mass is 331 g/mol. The number of hydrogen-bond acceptors (Lipinski definition) is 5. The number of aliphatic hydroxyl groups excluding tert-OH is 1. The molecule has 2 bridgehead atoms. The molecule has 128 valence electrons. The minimum absolute atomic E-state index is 0.328. The average molecular weight is 331 g/mol. The zero-order valence-electron chi connectivity index (χ0n) is 13.5. The fourth-order valence-corrected chi connectivity index (χ4v) is 5.19. The predicted octanol–water partition coefficient (Wildman–Crippen LogP) is -0.0586. The number of aliphatic hydroxyl groups is 1. The van der Waals surface area contributed by atoms with E-state index in [4.69, 9.17) is 0 Å².